The minimum atomic E-state index is 0.752. The molecule has 2 N–H and O–H groups in total. The Balaban J connectivity index is 2.18. The van der Waals surface area contributed by atoms with E-state index in [1.807, 2.05) is 13.0 Å². The Morgan fingerprint density at radius 3 is 2.79 bits per heavy atom. The summed E-state index contributed by atoms with van der Waals surface area (Å²) < 4.78 is 5.28. The summed E-state index contributed by atoms with van der Waals surface area (Å²) in [6.45, 7) is 5.39. The van der Waals surface area contributed by atoms with Gasteiger partial charge >= 0.3 is 0 Å². The maximum Gasteiger partial charge on any atom is 0.129 e. The lowest BCUT2D eigenvalue weighted by Crippen LogP contribution is -2.36. The number of anilines is 2. The number of rotatable bonds is 1. The van der Waals surface area contributed by atoms with Crippen LogP contribution in [0.2, 0.25) is 0 Å². The Morgan fingerprint density at radius 2 is 2.14 bits per heavy atom. The van der Waals surface area contributed by atoms with Gasteiger partial charge in [-0.1, -0.05) is 0 Å². The van der Waals surface area contributed by atoms with Crippen LogP contribution in [-0.2, 0) is 4.74 Å². The van der Waals surface area contributed by atoms with Crippen LogP contribution in [0, 0.1) is 6.92 Å². The standard InChI is InChI=1S/C10H15N3O/c1-8-6-10(12-7-9(8)11)13-2-4-14-5-3-13/h6-7H,2-5,11H2,1H3. The Labute approximate surface area is 83.7 Å². The molecule has 0 unspecified atom stereocenters. The van der Waals surface area contributed by atoms with Gasteiger partial charge in [-0.2, -0.15) is 0 Å². The fraction of sp³-hybridized carbons (Fsp3) is 0.500. The molecule has 14 heavy (non-hydrogen) atoms. The van der Waals surface area contributed by atoms with E-state index in [-0.39, 0.29) is 0 Å². The predicted molar refractivity (Wildman–Crippen MR) is 56.4 cm³/mol. The van der Waals surface area contributed by atoms with Gasteiger partial charge in [-0.3, -0.25) is 0 Å². The molecule has 4 nitrogen and oxygen atoms in total. The van der Waals surface area contributed by atoms with Crippen molar-refractivity contribution >= 4 is 11.5 Å². The summed E-state index contributed by atoms with van der Waals surface area (Å²) in [5, 5.41) is 0. The van der Waals surface area contributed by atoms with Gasteiger partial charge in [0.2, 0.25) is 0 Å². The molecule has 0 aromatic carbocycles. The zero-order valence-corrected chi connectivity index (χ0v) is 8.36. The van der Waals surface area contributed by atoms with Gasteiger partial charge in [0.15, 0.2) is 0 Å². The highest BCUT2D eigenvalue weighted by Crippen LogP contribution is 2.17. The topological polar surface area (TPSA) is 51.4 Å². The van der Waals surface area contributed by atoms with Gasteiger partial charge in [0.1, 0.15) is 5.82 Å². The summed E-state index contributed by atoms with van der Waals surface area (Å²) in [5.41, 5.74) is 7.55. The van der Waals surface area contributed by atoms with Crippen LogP contribution in [0.3, 0.4) is 0 Å². The summed E-state index contributed by atoms with van der Waals surface area (Å²) in [6, 6.07) is 2.03. The number of nitrogen functional groups attached to an aromatic ring is 1. The Bertz CT molecular complexity index is 321. The molecule has 0 atom stereocenters. The molecule has 0 amide bonds. The average Bonchev–Trinajstić information content (AvgIpc) is 2.23. The van der Waals surface area contributed by atoms with Crippen LogP contribution in [0.4, 0.5) is 11.5 Å². The minimum absolute atomic E-state index is 0.752. The van der Waals surface area contributed by atoms with Gasteiger partial charge in [-0.25, -0.2) is 4.98 Å². The molecular formula is C10H15N3O. The maximum absolute atomic E-state index is 5.71. The van der Waals surface area contributed by atoms with E-state index in [0.717, 1.165) is 43.4 Å². The molecule has 0 bridgehead atoms. The number of ether oxygens (including phenoxy) is 1. The van der Waals surface area contributed by atoms with Crippen molar-refractivity contribution in [3.63, 3.8) is 0 Å². The lowest BCUT2D eigenvalue weighted by molar-refractivity contribution is 0.122. The second kappa shape index (κ2) is 3.84. The Kier molecular flexibility index (Phi) is 2.54. The zero-order chi connectivity index (χ0) is 9.97. The average molecular weight is 193 g/mol. The summed E-state index contributed by atoms with van der Waals surface area (Å²) in [6.07, 6.45) is 1.72. The lowest BCUT2D eigenvalue weighted by atomic mass is 10.2. The third kappa shape index (κ3) is 1.80. The number of aromatic nitrogens is 1. The molecule has 76 valence electrons. The third-order valence-corrected chi connectivity index (χ3v) is 2.47. The van der Waals surface area contributed by atoms with Gasteiger partial charge in [-0.05, 0) is 18.6 Å². The normalized spacial score (nSPS) is 17.1. The van der Waals surface area contributed by atoms with Crippen LogP contribution in [0.15, 0.2) is 12.3 Å². The van der Waals surface area contributed by atoms with Gasteiger partial charge < -0.3 is 15.4 Å². The molecule has 0 saturated carbocycles. The van der Waals surface area contributed by atoms with Crippen LogP contribution >= 0.6 is 0 Å². The van der Waals surface area contributed by atoms with Crippen molar-refractivity contribution in [2.24, 2.45) is 0 Å². The van der Waals surface area contributed by atoms with Gasteiger partial charge in [0.05, 0.1) is 25.1 Å². The summed E-state index contributed by atoms with van der Waals surface area (Å²) >= 11 is 0. The van der Waals surface area contributed by atoms with E-state index in [1.54, 1.807) is 6.20 Å². The van der Waals surface area contributed by atoms with Crippen molar-refractivity contribution in [1.29, 1.82) is 0 Å². The smallest absolute Gasteiger partial charge is 0.129 e. The summed E-state index contributed by atoms with van der Waals surface area (Å²) in [5.74, 6) is 1.00. The molecule has 1 saturated heterocycles. The van der Waals surface area contributed by atoms with E-state index in [9.17, 15) is 0 Å². The summed E-state index contributed by atoms with van der Waals surface area (Å²) in [4.78, 5) is 6.53. The molecule has 1 aliphatic rings. The second-order valence-electron chi connectivity index (χ2n) is 3.50. The third-order valence-electron chi connectivity index (χ3n) is 2.47. The predicted octanol–water partition coefficient (Wildman–Crippen LogP) is 0.809. The highest BCUT2D eigenvalue weighted by molar-refractivity contribution is 5.52. The number of hydrogen-bond acceptors (Lipinski definition) is 4. The van der Waals surface area contributed by atoms with Crippen molar-refractivity contribution < 1.29 is 4.74 Å². The number of pyridine rings is 1. The quantitative estimate of drug-likeness (QED) is 0.717. The summed E-state index contributed by atoms with van der Waals surface area (Å²) in [7, 11) is 0. The van der Waals surface area contributed by atoms with Crippen LogP contribution in [-0.4, -0.2) is 31.3 Å². The largest absolute Gasteiger partial charge is 0.397 e. The first kappa shape index (κ1) is 9.27. The fourth-order valence-electron chi connectivity index (χ4n) is 1.52. The number of morpholine rings is 1. The molecule has 4 heteroatoms. The molecule has 2 heterocycles. The first-order chi connectivity index (χ1) is 6.77. The first-order valence-electron chi connectivity index (χ1n) is 4.82. The molecule has 0 spiro atoms. The number of aryl methyl sites for hydroxylation is 1. The van der Waals surface area contributed by atoms with Gasteiger partial charge in [0, 0.05) is 13.1 Å². The van der Waals surface area contributed by atoms with E-state index in [1.165, 1.54) is 0 Å². The SMILES string of the molecule is Cc1cc(N2CCOCC2)ncc1N. The zero-order valence-electron chi connectivity index (χ0n) is 8.36. The van der Waals surface area contributed by atoms with Gasteiger partial charge in [-0.15, -0.1) is 0 Å². The first-order valence-corrected chi connectivity index (χ1v) is 4.82. The van der Waals surface area contributed by atoms with E-state index in [0.29, 0.717) is 0 Å². The van der Waals surface area contributed by atoms with Crippen molar-refractivity contribution in [2.45, 2.75) is 6.92 Å². The van der Waals surface area contributed by atoms with E-state index in [4.69, 9.17) is 10.5 Å². The van der Waals surface area contributed by atoms with Crippen LogP contribution in [0.5, 0.6) is 0 Å². The van der Waals surface area contributed by atoms with Crippen molar-refractivity contribution in [2.75, 3.05) is 36.9 Å². The van der Waals surface area contributed by atoms with Crippen molar-refractivity contribution in [1.82, 2.24) is 4.98 Å². The van der Waals surface area contributed by atoms with Crippen LogP contribution < -0.4 is 10.6 Å². The van der Waals surface area contributed by atoms with E-state index < -0.39 is 0 Å². The number of nitrogens with zero attached hydrogens (tertiary/aromatic N) is 2. The minimum Gasteiger partial charge on any atom is -0.397 e. The van der Waals surface area contributed by atoms with Crippen molar-refractivity contribution in [3.05, 3.63) is 17.8 Å². The van der Waals surface area contributed by atoms with Crippen LogP contribution in [0.1, 0.15) is 5.56 Å². The van der Waals surface area contributed by atoms with Crippen LogP contribution in [0.25, 0.3) is 0 Å². The molecule has 0 aliphatic carbocycles. The Hall–Kier alpha value is -1.29. The highest BCUT2D eigenvalue weighted by atomic mass is 16.5. The molecule has 1 aliphatic heterocycles. The second-order valence-corrected chi connectivity index (χ2v) is 3.50. The molecular weight excluding hydrogens is 178 g/mol. The Morgan fingerprint density at radius 1 is 1.43 bits per heavy atom. The molecule has 0 radical (unpaired) electrons. The van der Waals surface area contributed by atoms with E-state index in [2.05, 4.69) is 9.88 Å². The fourth-order valence-corrected chi connectivity index (χ4v) is 1.52. The number of nitrogens with two attached hydrogens (primary N) is 1. The van der Waals surface area contributed by atoms with Crippen molar-refractivity contribution in [3.8, 4) is 0 Å². The molecule has 1 aromatic rings. The molecule has 1 aromatic heterocycles. The highest BCUT2D eigenvalue weighted by Gasteiger charge is 2.12. The van der Waals surface area contributed by atoms with E-state index >= 15 is 0 Å². The lowest BCUT2D eigenvalue weighted by Gasteiger charge is -2.28. The molecule has 1 fully saturated rings. The maximum atomic E-state index is 5.71. The molecule has 2 rings (SSSR count). The van der Waals surface area contributed by atoms with Gasteiger partial charge in [0.25, 0.3) is 0 Å². The monoisotopic (exact) mass is 193 g/mol. The number of hydrogen-bond donors (Lipinski definition) is 1.